The monoisotopic (exact) mass is 451 g/mol. The molecule has 1 aliphatic heterocycles. The molecule has 166 valence electrons. The summed E-state index contributed by atoms with van der Waals surface area (Å²) in [6, 6.07) is 5.38. The van der Waals surface area contributed by atoms with Gasteiger partial charge in [-0.25, -0.2) is 9.78 Å². The van der Waals surface area contributed by atoms with Crippen LogP contribution in [0.25, 0.3) is 10.2 Å². The van der Waals surface area contributed by atoms with E-state index in [9.17, 15) is 14.4 Å². The maximum Gasteiger partial charge on any atom is 0.338 e. The summed E-state index contributed by atoms with van der Waals surface area (Å²) in [7, 11) is 1.36. The average Bonchev–Trinajstić information content (AvgIpc) is 3.21. The molecule has 0 spiro atoms. The minimum atomic E-state index is -0.388. The van der Waals surface area contributed by atoms with Crippen LogP contribution < -0.4 is 10.5 Å². The number of carbonyl (C=O) groups excluding carboxylic acids is 2. The van der Waals surface area contributed by atoms with Crippen molar-refractivity contribution in [2.45, 2.75) is 51.5 Å². The molecule has 5 rings (SSSR count). The van der Waals surface area contributed by atoms with E-state index in [1.807, 2.05) is 6.07 Å². The smallest absolute Gasteiger partial charge is 0.338 e. The Morgan fingerprint density at radius 1 is 1.12 bits per heavy atom. The molecule has 0 bridgehead atoms. The second-order valence-corrected chi connectivity index (χ2v) is 9.41. The standard InChI is InChI=1S/C24H25N3O4S/c1-31-24(30)16-7-4-9-18-15(16)8-5-12-27(18)20(28)11-13-26-14-25-22-21(23(26)29)17-6-2-3-10-19(17)32-22/h4,7,9,14H,2-3,5-6,8,10-13H2,1H3. The Morgan fingerprint density at radius 2 is 1.94 bits per heavy atom. The lowest BCUT2D eigenvalue weighted by molar-refractivity contribution is -0.118. The van der Waals surface area contributed by atoms with Crippen molar-refractivity contribution in [2.24, 2.45) is 0 Å². The van der Waals surface area contributed by atoms with E-state index in [0.717, 1.165) is 65.6 Å². The minimum Gasteiger partial charge on any atom is -0.465 e. The highest BCUT2D eigenvalue weighted by Crippen LogP contribution is 2.33. The van der Waals surface area contributed by atoms with Crippen molar-refractivity contribution >= 4 is 39.1 Å². The Kier molecular flexibility index (Phi) is 5.55. The van der Waals surface area contributed by atoms with Crippen molar-refractivity contribution in [3.05, 3.63) is 56.4 Å². The van der Waals surface area contributed by atoms with E-state index in [2.05, 4.69) is 4.98 Å². The molecule has 8 heteroatoms. The molecule has 32 heavy (non-hydrogen) atoms. The minimum absolute atomic E-state index is 0.0470. The molecule has 1 aliphatic carbocycles. The van der Waals surface area contributed by atoms with E-state index in [1.54, 1.807) is 39.3 Å². The molecule has 0 N–H and O–H groups in total. The summed E-state index contributed by atoms with van der Waals surface area (Å²) in [6.45, 7) is 0.883. The zero-order chi connectivity index (χ0) is 22.2. The Morgan fingerprint density at radius 3 is 2.78 bits per heavy atom. The second-order valence-electron chi connectivity index (χ2n) is 8.33. The lowest BCUT2D eigenvalue weighted by Gasteiger charge is -2.30. The Balaban J connectivity index is 1.38. The average molecular weight is 452 g/mol. The predicted molar refractivity (Wildman–Crippen MR) is 124 cm³/mol. The fourth-order valence-electron chi connectivity index (χ4n) is 4.88. The first-order valence-corrected chi connectivity index (χ1v) is 11.9. The number of anilines is 1. The van der Waals surface area contributed by atoms with Gasteiger partial charge in [0.05, 0.1) is 24.4 Å². The number of aryl methyl sites for hydroxylation is 3. The first-order valence-electron chi connectivity index (χ1n) is 11.1. The van der Waals surface area contributed by atoms with Crippen molar-refractivity contribution in [3.63, 3.8) is 0 Å². The number of hydrogen-bond acceptors (Lipinski definition) is 6. The summed E-state index contributed by atoms with van der Waals surface area (Å²) in [6.07, 6.45) is 7.50. The van der Waals surface area contributed by atoms with Gasteiger partial charge in [0.25, 0.3) is 5.56 Å². The summed E-state index contributed by atoms with van der Waals surface area (Å²) in [5.41, 5.74) is 3.24. The van der Waals surface area contributed by atoms with Gasteiger partial charge in [-0.05, 0) is 61.8 Å². The molecule has 7 nitrogen and oxygen atoms in total. The second kappa shape index (κ2) is 8.50. The third-order valence-electron chi connectivity index (χ3n) is 6.47. The third kappa shape index (κ3) is 3.52. The van der Waals surface area contributed by atoms with Crippen molar-refractivity contribution in [3.8, 4) is 0 Å². The number of ether oxygens (including phenoxy) is 1. The summed E-state index contributed by atoms with van der Waals surface area (Å²) in [5, 5.41) is 0.741. The normalized spacial score (nSPS) is 15.3. The van der Waals surface area contributed by atoms with Crippen molar-refractivity contribution in [1.29, 1.82) is 0 Å². The van der Waals surface area contributed by atoms with Gasteiger partial charge >= 0.3 is 5.97 Å². The van der Waals surface area contributed by atoms with Crippen LogP contribution in [0.1, 0.15) is 52.0 Å². The summed E-state index contributed by atoms with van der Waals surface area (Å²) >= 11 is 1.63. The molecule has 0 saturated heterocycles. The molecule has 1 aromatic carbocycles. The van der Waals surface area contributed by atoms with Crippen molar-refractivity contribution < 1.29 is 14.3 Å². The number of aromatic nitrogens is 2. The zero-order valence-corrected chi connectivity index (χ0v) is 18.9. The van der Waals surface area contributed by atoms with Gasteiger partial charge in [-0.3, -0.25) is 14.2 Å². The lowest BCUT2D eigenvalue weighted by Crippen LogP contribution is -2.37. The first kappa shape index (κ1) is 20.9. The molecular formula is C24H25N3O4S. The highest BCUT2D eigenvalue weighted by atomic mass is 32.1. The van der Waals surface area contributed by atoms with E-state index < -0.39 is 0 Å². The molecule has 0 unspecified atom stereocenters. The molecule has 0 atom stereocenters. The highest BCUT2D eigenvalue weighted by molar-refractivity contribution is 7.18. The number of benzene rings is 1. The van der Waals surface area contributed by atoms with Crippen LogP contribution in [0.2, 0.25) is 0 Å². The fourth-order valence-corrected chi connectivity index (χ4v) is 6.10. The number of carbonyl (C=O) groups is 2. The van der Waals surface area contributed by atoms with E-state index in [4.69, 9.17) is 4.74 Å². The van der Waals surface area contributed by atoms with Crippen LogP contribution in [-0.4, -0.2) is 35.1 Å². The topological polar surface area (TPSA) is 81.5 Å². The molecule has 0 radical (unpaired) electrons. The van der Waals surface area contributed by atoms with Crippen LogP contribution in [-0.2, 0) is 35.3 Å². The van der Waals surface area contributed by atoms with Crippen molar-refractivity contribution in [2.75, 3.05) is 18.6 Å². The van der Waals surface area contributed by atoms with E-state index >= 15 is 0 Å². The fraction of sp³-hybridized carbons (Fsp3) is 0.417. The number of nitrogens with zero attached hydrogens (tertiary/aromatic N) is 3. The number of hydrogen-bond donors (Lipinski definition) is 0. The molecule has 3 heterocycles. The van der Waals surface area contributed by atoms with E-state index in [1.165, 1.54) is 12.0 Å². The number of esters is 1. The molecule has 1 amide bonds. The molecular weight excluding hydrogens is 426 g/mol. The number of amides is 1. The van der Waals surface area contributed by atoms with Crippen molar-refractivity contribution in [1.82, 2.24) is 9.55 Å². The van der Waals surface area contributed by atoms with Crippen LogP contribution in [0.3, 0.4) is 0 Å². The van der Waals surface area contributed by atoms with Gasteiger partial charge in [0, 0.05) is 30.1 Å². The van der Waals surface area contributed by atoms with Crippen LogP contribution in [0.4, 0.5) is 5.69 Å². The van der Waals surface area contributed by atoms with Gasteiger partial charge in [-0.15, -0.1) is 11.3 Å². The Hall–Kier alpha value is -3.00. The van der Waals surface area contributed by atoms with Gasteiger partial charge in [0.2, 0.25) is 5.91 Å². The SMILES string of the molecule is COC(=O)c1cccc2c1CCCN2C(=O)CCn1cnc2sc3c(c2c1=O)CCCC3. The largest absolute Gasteiger partial charge is 0.465 e. The van der Waals surface area contributed by atoms with Crippen LogP contribution in [0.15, 0.2) is 29.3 Å². The van der Waals surface area contributed by atoms with Gasteiger partial charge in [-0.2, -0.15) is 0 Å². The third-order valence-corrected chi connectivity index (χ3v) is 7.67. The maximum absolute atomic E-state index is 13.2. The van der Waals surface area contributed by atoms with Crippen LogP contribution in [0.5, 0.6) is 0 Å². The predicted octanol–water partition coefficient (Wildman–Crippen LogP) is 3.49. The molecule has 2 aliphatic rings. The number of fused-ring (bicyclic) bond motifs is 4. The van der Waals surface area contributed by atoms with Crippen LogP contribution >= 0.6 is 11.3 Å². The van der Waals surface area contributed by atoms with Gasteiger partial charge < -0.3 is 9.64 Å². The van der Waals surface area contributed by atoms with Gasteiger partial charge in [-0.1, -0.05) is 6.07 Å². The molecule has 0 saturated carbocycles. The van der Waals surface area contributed by atoms with Crippen LogP contribution in [0, 0.1) is 0 Å². The first-order chi connectivity index (χ1) is 15.6. The maximum atomic E-state index is 13.2. The number of thiophene rings is 1. The van der Waals surface area contributed by atoms with Gasteiger partial charge in [0.15, 0.2) is 0 Å². The van der Waals surface area contributed by atoms with E-state index in [0.29, 0.717) is 12.1 Å². The molecule has 0 fully saturated rings. The Labute approximate surface area is 189 Å². The zero-order valence-electron chi connectivity index (χ0n) is 18.1. The quantitative estimate of drug-likeness (QED) is 0.567. The number of methoxy groups -OCH3 is 1. The van der Waals surface area contributed by atoms with Gasteiger partial charge in [0.1, 0.15) is 4.83 Å². The molecule has 2 aromatic heterocycles. The lowest BCUT2D eigenvalue weighted by atomic mass is 9.96. The van der Waals surface area contributed by atoms with E-state index in [-0.39, 0.29) is 30.4 Å². The summed E-state index contributed by atoms with van der Waals surface area (Å²) in [4.78, 5) is 46.7. The Bertz CT molecular complexity index is 1280. The summed E-state index contributed by atoms with van der Waals surface area (Å²) < 4.78 is 6.47. The highest BCUT2D eigenvalue weighted by Gasteiger charge is 2.26. The number of rotatable bonds is 4. The molecule has 3 aromatic rings. The summed E-state index contributed by atoms with van der Waals surface area (Å²) in [5.74, 6) is -0.450.